The van der Waals surface area contributed by atoms with Crippen molar-refractivity contribution in [3.05, 3.63) is 71.3 Å². The first-order valence-corrected chi connectivity index (χ1v) is 12.1. The number of ether oxygens (including phenoxy) is 1. The molecule has 1 aliphatic rings. The molecule has 0 aliphatic carbocycles. The average Bonchev–Trinajstić information content (AvgIpc) is 2.84. The van der Waals surface area contributed by atoms with Gasteiger partial charge in [0, 0.05) is 38.4 Å². The first-order valence-electron chi connectivity index (χ1n) is 12.1. The largest absolute Gasteiger partial charge is 0.430 e. The molecular weight excluding hydrogens is 434 g/mol. The Hall–Kier alpha value is -2.91. The quantitative estimate of drug-likeness (QED) is 0.350. The number of likely N-dealkylation sites (tertiary alicyclic amines) is 1. The van der Waals surface area contributed by atoms with Gasteiger partial charge in [-0.3, -0.25) is 0 Å². The number of terminal acetylenes is 1. The molecule has 1 saturated heterocycles. The fourth-order valence-corrected chi connectivity index (χ4v) is 4.43. The number of hydrogen-bond acceptors (Lipinski definition) is 3. The van der Waals surface area contributed by atoms with Crippen LogP contribution in [0.5, 0.6) is 0 Å². The van der Waals surface area contributed by atoms with Crippen molar-refractivity contribution in [1.29, 1.82) is 0 Å². The van der Waals surface area contributed by atoms with Crippen molar-refractivity contribution >= 4 is 6.09 Å². The second-order valence-electron chi connectivity index (χ2n) is 8.95. The fraction of sp³-hybridized carbons (Fsp3) is 0.464. The van der Waals surface area contributed by atoms with Gasteiger partial charge in [-0.05, 0) is 61.2 Å². The lowest BCUT2D eigenvalue weighted by atomic mass is 9.87. The molecule has 1 aliphatic heterocycles. The maximum Gasteiger partial charge on any atom is 0.408 e. The zero-order chi connectivity index (χ0) is 24.4. The number of carbonyl (C=O) groups excluding carboxylic acids is 1. The highest BCUT2D eigenvalue weighted by atomic mass is 19.1. The average molecular weight is 469 g/mol. The van der Waals surface area contributed by atoms with Gasteiger partial charge in [0.1, 0.15) is 11.6 Å². The Kier molecular flexibility index (Phi) is 9.47. The van der Waals surface area contributed by atoms with Gasteiger partial charge in [0.25, 0.3) is 0 Å². The van der Waals surface area contributed by atoms with Gasteiger partial charge in [-0.1, -0.05) is 43.5 Å². The van der Waals surface area contributed by atoms with E-state index in [0.29, 0.717) is 19.4 Å². The maximum atomic E-state index is 13.4. The van der Waals surface area contributed by atoms with Crippen molar-refractivity contribution in [3.8, 4) is 12.3 Å². The van der Waals surface area contributed by atoms with Crippen molar-refractivity contribution in [1.82, 2.24) is 10.2 Å². The lowest BCUT2D eigenvalue weighted by Gasteiger charge is -2.38. The van der Waals surface area contributed by atoms with Gasteiger partial charge in [0.15, 0.2) is 5.60 Å². The molecule has 1 fully saturated rings. The molecule has 4 nitrogen and oxygen atoms in total. The van der Waals surface area contributed by atoms with Crippen LogP contribution in [0.4, 0.5) is 13.6 Å². The number of rotatable bonds is 10. The summed E-state index contributed by atoms with van der Waals surface area (Å²) in [5, 5.41) is 2.77. The normalized spacial score (nSPS) is 15.6. The fourth-order valence-electron chi connectivity index (χ4n) is 4.43. The lowest BCUT2D eigenvalue weighted by Crippen LogP contribution is -2.48. The number of alkyl carbamates (subject to hydrolysis) is 1. The van der Waals surface area contributed by atoms with Crippen LogP contribution < -0.4 is 5.32 Å². The second-order valence-corrected chi connectivity index (χ2v) is 8.95. The molecule has 1 N–H and O–H groups in total. The summed E-state index contributed by atoms with van der Waals surface area (Å²) in [6.45, 7) is 5.04. The predicted molar refractivity (Wildman–Crippen MR) is 131 cm³/mol. The summed E-state index contributed by atoms with van der Waals surface area (Å²) in [4.78, 5) is 14.4. The summed E-state index contributed by atoms with van der Waals surface area (Å²) in [6.07, 6.45) is 10.2. The van der Waals surface area contributed by atoms with Crippen molar-refractivity contribution in [2.75, 3.05) is 26.2 Å². The van der Waals surface area contributed by atoms with Crippen LogP contribution in [0, 0.1) is 24.0 Å². The third-order valence-electron chi connectivity index (χ3n) is 6.53. The van der Waals surface area contributed by atoms with E-state index in [1.54, 1.807) is 24.3 Å². The number of hydrogen-bond donors (Lipinski definition) is 1. The second kappa shape index (κ2) is 12.5. The third kappa shape index (κ3) is 7.30. The minimum absolute atomic E-state index is 0.0611. The molecule has 2 aromatic rings. The SMILES string of the molecule is C#CC1(OC(=O)NCCCC)CCN(CCCC(c2ccc(F)cc2)c2ccc(F)cc2)CC1. The highest BCUT2D eigenvalue weighted by molar-refractivity contribution is 5.68. The summed E-state index contributed by atoms with van der Waals surface area (Å²) in [5.74, 6) is 2.24. The molecule has 0 saturated carbocycles. The number of unbranched alkanes of at least 4 members (excludes halogenated alkanes) is 1. The van der Waals surface area contributed by atoms with Gasteiger partial charge < -0.3 is 15.0 Å². The molecule has 0 bridgehead atoms. The van der Waals surface area contributed by atoms with E-state index in [1.807, 2.05) is 0 Å². The monoisotopic (exact) mass is 468 g/mol. The number of piperidine rings is 1. The van der Waals surface area contributed by atoms with E-state index in [4.69, 9.17) is 11.2 Å². The van der Waals surface area contributed by atoms with Gasteiger partial charge in [0.2, 0.25) is 0 Å². The summed E-state index contributed by atoms with van der Waals surface area (Å²) < 4.78 is 32.5. The Bertz CT molecular complexity index is 900. The molecule has 0 unspecified atom stereocenters. The molecule has 1 amide bonds. The molecule has 2 aromatic carbocycles. The molecule has 1 heterocycles. The van der Waals surface area contributed by atoms with E-state index in [-0.39, 0.29) is 17.6 Å². The van der Waals surface area contributed by atoms with E-state index in [9.17, 15) is 13.6 Å². The number of nitrogens with zero attached hydrogens (tertiary/aromatic N) is 1. The number of amides is 1. The number of nitrogens with one attached hydrogen (secondary N) is 1. The number of halogens is 2. The van der Waals surface area contributed by atoms with Crippen LogP contribution in [0.2, 0.25) is 0 Å². The Labute approximate surface area is 201 Å². The lowest BCUT2D eigenvalue weighted by molar-refractivity contribution is 0.00504. The molecule has 0 aromatic heterocycles. The van der Waals surface area contributed by atoms with Gasteiger partial charge in [-0.15, -0.1) is 6.42 Å². The Morgan fingerprint density at radius 1 is 1.06 bits per heavy atom. The van der Waals surface area contributed by atoms with Crippen molar-refractivity contribution < 1.29 is 18.3 Å². The van der Waals surface area contributed by atoms with Gasteiger partial charge in [-0.25, -0.2) is 13.6 Å². The molecular formula is C28H34F2N2O2. The van der Waals surface area contributed by atoms with E-state index < -0.39 is 11.7 Å². The Balaban J connectivity index is 1.53. The third-order valence-corrected chi connectivity index (χ3v) is 6.53. The standard InChI is InChI=1S/C28H34F2N2O2/c1-3-5-18-31-27(33)34-28(4-2)16-20-32(21-17-28)19-6-7-26(22-8-12-24(29)13-9-22)23-10-14-25(30)15-11-23/h2,8-15,26H,3,5-7,16-21H2,1H3,(H,31,33). The summed E-state index contributed by atoms with van der Waals surface area (Å²) in [5.41, 5.74) is 1.18. The zero-order valence-corrected chi connectivity index (χ0v) is 19.9. The summed E-state index contributed by atoms with van der Waals surface area (Å²) >= 11 is 0. The molecule has 3 rings (SSSR count). The molecule has 0 spiro atoms. The van der Waals surface area contributed by atoms with Gasteiger partial charge >= 0.3 is 6.09 Å². The van der Waals surface area contributed by atoms with Gasteiger partial charge in [0.05, 0.1) is 0 Å². The minimum Gasteiger partial charge on any atom is -0.430 e. The van der Waals surface area contributed by atoms with Crippen LogP contribution in [0.25, 0.3) is 0 Å². The summed E-state index contributed by atoms with van der Waals surface area (Å²) in [6, 6.07) is 13.1. The molecule has 182 valence electrons. The molecule has 6 heteroatoms. The molecule has 0 atom stereocenters. The first-order chi connectivity index (χ1) is 16.4. The van der Waals surface area contributed by atoms with Crippen LogP contribution in [0.3, 0.4) is 0 Å². The number of carbonyl (C=O) groups is 1. The van der Waals surface area contributed by atoms with Crippen molar-refractivity contribution in [2.24, 2.45) is 0 Å². The van der Waals surface area contributed by atoms with Crippen LogP contribution in [0.1, 0.15) is 62.5 Å². The van der Waals surface area contributed by atoms with Crippen molar-refractivity contribution in [3.63, 3.8) is 0 Å². The van der Waals surface area contributed by atoms with Crippen LogP contribution in [-0.4, -0.2) is 42.8 Å². The summed E-state index contributed by atoms with van der Waals surface area (Å²) in [7, 11) is 0. The highest BCUT2D eigenvalue weighted by Crippen LogP contribution is 2.31. The Morgan fingerprint density at radius 3 is 2.12 bits per heavy atom. The highest BCUT2D eigenvalue weighted by Gasteiger charge is 2.36. The first kappa shape index (κ1) is 25.7. The Morgan fingerprint density at radius 2 is 1.62 bits per heavy atom. The smallest absolute Gasteiger partial charge is 0.408 e. The van der Waals surface area contributed by atoms with E-state index in [1.165, 1.54) is 24.3 Å². The van der Waals surface area contributed by atoms with Gasteiger partial charge in [-0.2, -0.15) is 0 Å². The predicted octanol–water partition coefficient (Wildman–Crippen LogP) is 5.87. The van der Waals surface area contributed by atoms with E-state index in [0.717, 1.165) is 56.4 Å². The van der Waals surface area contributed by atoms with Crippen molar-refractivity contribution in [2.45, 2.75) is 57.0 Å². The maximum absolute atomic E-state index is 13.4. The topological polar surface area (TPSA) is 41.6 Å². The minimum atomic E-state index is -0.850. The molecule has 34 heavy (non-hydrogen) atoms. The van der Waals surface area contributed by atoms with E-state index in [2.05, 4.69) is 23.1 Å². The number of benzene rings is 2. The zero-order valence-electron chi connectivity index (χ0n) is 19.9. The van der Waals surface area contributed by atoms with Crippen LogP contribution in [-0.2, 0) is 4.74 Å². The van der Waals surface area contributed by atoms with Crippen LogP contribution >= 0.6 is 0 Å². The van der Waals surface area contributed by atoms with Crippen LogP contribution in [0.15, 0.2) is 48.5 Å². The molecule has 0 radical (unpaired) electrons. The van der Waals surface area contributed by atoms with E-state index >= 15 is 0 Å².